The van der Waals surface area contributed by atoms with Gasteiger partial charge in [-0.25, -0.2) is 0 Å². The molecule has 1 aromatic carbocycles. The van der Waals surface area contributed by atoms with Crippen LogP contribution in [0.2, 0.25) is 5.02 Å². The molecule has 0 saturated carbocycles. The van der Waals surface area contributed by atoms with Crippen molar-refractivity contribution in [2.45, 2.75) is 6.92 Å². The fourth-order valence-corrected chi connectivity index (χ4v) is 2.93. The molecule has 1 amide bonds. The van der Waals surface area contributed by atoms with Crippen molar-refractivity contribution in [1.82, 2.24) is 15.4 Å². The van der Waals surface area contributed by atoms with Crippen LogP contribution in [0.4, 0.5) is 5.13 Å². The van der Waals surface area contributed by atoms with Crippen LogP contribution in [0.25, 0.3) is 11.3 Å². The van der Waals surface area contributed by atoms with Crippen molar-refractivity contribution >= 4 is 46.2 Å². The summed E-state index contributed by atoms with van der Waals surface area (Å²) in [6.45, 7) is 1.66. The summed E-state index contributed by atoms with van der Waals surface area (Å²) in [5, 5.41) is 14.0. The van der Waals surface area contributed by atoms with Gasteiger partial charge >= 0.3 is 0 Å². The number of hydrogen-bond donors (Lipinski definition) is 2. The van der Waals surface area contributed by atoms with Crippen LogP contribution in [0.15, 0.2) is 28.8 Å². The lowest BCUT2D eigenvalue weighted by atomic mass is 10.1. The lowest BCUT2D eigenvalue weighted by molar-refractivity contribution is 0.102. The van der Waals surface area contributed by atoms with E-state index in [-0.39, 0.29) is 5.91 Å². The molecular formula is C13H9ClN4O2S2. The van der Waals surface area contributed by atoms with E-state index in [1.165, 1.54) is 0 Å². The fraction of sp³-hybridized carbons (Fsp3) is 0.0769. The van der Waals surface area contributed by atoms with Crippen molar-refractivity contribution in [2.24, 2.45) is 0 Å². The predicted octanol–water partition coefficient (Wildman–Crippen LogP) is 4.07. The van der Waals surface area contributed by atoms with Gasteiger partial charge in [-0.3, -0.25) is 15.2 Å². The summed E-state index contributed by atoms with van der Waals surface area (Å²) in [6.07, 6.45) is 0. The first kappa shape index (κ1) is 14.9. The molecule has 0 aliphatic carbocycles. The molecule has 0 radical (unpaired) electrons. The second kappa shape index (κ2) is 5.99. The van der Waals surface area contributed by atoms with Gasteiger partial charge in [-0.1, -0.05) is 46.3 Å². The Kier molecular flexibility index (Phi) is 4.06. The van der Waals surface area contributed by atoms with Crippen LogP contribution in [-0.4, -0.2) is 21.3 Å². The first-order valence-corrected chi connectivity index (χ1v) is 7.74. The Bertz CT molecular complexity index is 899. The van der Waals surface area contributed by atoms with Crippen LogP contribution >= 0.6 is 35.2 Å². The standard InChI is InChI=1S/C13H9ClN4O2S2/c1-6-9(11(19)15-12-16-17-13(21)22-12)10(18-20-6)7-4-2-3-5-8(7)14/h2-5H,1H3,(H,17,21)(H,15,16,19). The second-order valence-electron chi connectivity index (χ2n) is 4.31. The minimum Gasteiger partial charge on any atom is -0.360 e. The molecule has 0 atom stereocenters. The number of carbonyl (C=O) groups excluding carboxylic acids is 1. The minimum absolute atomic E-state index is 0.314. The summed E-state index contributed by atoms with van der Waals surface area (Å²) >= 11 is 12.3. The third kappa shape index (κ3) is 2.80. The van der Waals surface area contributed by atoms with Gasteiger partial charge in [0.2, 0.25) is 5.13 Å². The average molecular weight is 353 g/mol. The number of aromatic amines is 1. The SMILES string of the molecule is Cc1onc(-c2ccccc2Cl)c1C(=O)Nc1n[nH]c(=S)s1. The van der Waals surface area contributed by atoms with E-state index in [9.17, 15) is 4.79 Å². The Morgan fingerprint density at radius 1 is 1.45 bits per heavy atom. The third-order valence-electron chi connectivity index (χ3n) is 2.88. The number of benzene rings is 1. The smallest absolute Gasteiger partial charge is 0.263 e. The van der Waals surface area contributed by atoms with E-state index in [4.69, 9.17) is 28.3 Å². The number of aromatic nitrogens is 3. The van der Waals surface area contributed by atoms with E-state index < -0.39 is 0 Å². The monoisotopic (exact) mass is 352 g/mol. The topological polar surface area (TPSA) is 83.8 Å². The molecular weight excluding hydrogens is 344 g/mol. The molecule has 3 rings (SSSR count). The van der Waals surface area contributed by atoms with E-state index >= 15 is 0 Å². The highest BCUT2D eigenvalue weighted by molar-refractivity contribution is 7.73. The first-order valence-electron chi connectivity index (χ1n) is 6.14. The molecule has 9 heteroatoms. The third-order valence-corrected chi connectivity index (χ3v) is 4.21. The zero-order chi connectivity index (χ0) is 15.7. The van der Waals surface area contributed by atoms with Crippen molar-refractivity contribution in [3.05, 3.63) is 44.6 Å². The average Bonchev–Trinajstić information content (AvgIpc) is 3.05. The van der Waals surface area contributed by atoms with Crippen LogP contribution < -0.4 is 5.32 Å². The minimum atomic E-state index is -0.383. The highest BCUT2D eigenvalue weighted by Gasteiger charge is 2.23. The Balaban J connectivity index is 2.01. The number of H-pyrrole nitrogens is 1. The number of nitrogens with zero attached hydrogens (tertiary/aromatic N) is 2. The van der Waals surface area contributed by atoms with Crippen molar-refractivity contribution in [3.63, 3.8) is 0 Å². The highest BCUT2D eigenvalue weighted by atomic mass is 35.5. The largest absolute Gasteiger partial charge is 0.360 e. The molecule has 0 saturated heterocycles. The van der Waals surface area contributed by atoms with Crippen LogP contribution in [0.1, 0.15) is 16.1 Å². The quantitative estimate of drug-likeness (QED) is 0.694. The first-order chi connectivity index (χ1) is 10.6. The molecule has 0 spiro atoms. The second-order valence-corrected chi connectivity index (χ2v) is 6.39. The van der Waals surface area contributed by atoms with E-state index in [2.05, 4.69) is 20.7 Å². The van der Waals surface area contributed by atoms with E-state index in [0.717, 1.165) is 11.3 Å². The lowest BCUT2D eigenvalue weighted by Crippen LogP contribution is -2.13. The molecule has 0 aliphatic rings. The number of carbonyl (C=O) groups is 1. The van der Waals surface area contributed by atoms with Crippen molar-refractivity contribution in [2.75, 3.05) is 5.32 Å². The molecule has 2 heterocycles. The zero-order valence-electron chi connectivity index (χ0n) is 11.2. The Hall–Kier alpha value is -2.03. The number of aryl methyl sites for hydroxylation is 1. The Morgan fingerprint density at radius 2 is 2.23 bits per heavy atom. The van der Waals surface area contributed by atoms with E-state index in [1.54, 1.807) is 25.1 Å². The van der Waals surface area contributed by atoms with Gasteiger partial charge in [-0.2, -0.15) is 0 Å². The van der Waals surface area contributed by atoms with Crippen molar-refractivity contribution < 1.29 is 9.32 Å². The number of amides is 1. The molecule has 2 aromatic heterocycles. The van der Waals surface area contributed by atoms with Gasteiger partial charge in [-0.05, 0) is 25.2 Å². The predicted molar refractivity (Wildman–Crippen MR) is 86.9 cm³/mol. The number of rotatable bonds is 3. The molecule has 0 fully saturated rings. The maximum absolute atomic E-state index is 12.5. The maximum atomic E-state index is 12.5. The van der Waals surface area contributed by atoms with Gasteiger partial charge < -0.3 is 4.52 Å². The highest BCUT2D eigenvalue weighted by Crippen LogP contribution is 2.31. The van der Waals surface area contributed by atoms with Crippen molar-refractivity contribution in [1.29, 1.82) is 0 Å². The lowest BCUT2D eigenvalue weighted by Gasteiger charge is -2.04. The maximum Gasteiger partial charge on any atom is 0.263 e. The molecule has 6 nitrogen and oxygen atoms in total. The van der Waals surface area contributed by atoms with Crippen LogP contribution in [0.5, 0.6) is 0 Å². The molecule has 2 N–H and O–H groups in total. The van der Waals surface area contributed by atoms with E-state index in [1.807, 2.05) is 6.07 Å². The summed E-state index contributed by atoms with van der Waals surface area (Å²) in [6, 6.07) is 7.11. The number of hydrogen-bond acceptors (Lipinski definition) is 6. The molecule has 112 valence electrons. The number of halogens is 1. The van der Waals surface area contributed by atoms with Crippen LogP contribution in [0.3, 0.4) is 0 Å². The van der Waals surface area contributed by atoms with Crippen molar-refractivity contribution in [3.8, 4) is 11.3 Å². The molecule has 22 heavy (non-hydrogen) atoms. The summed E-state index contributed by atoms with van der Waals surface area (Å²) < 4.78 is 5.63. The van der Waals surface area contributed by atoms with Gasteiger partial charge in [0.05, 0.1) is 5.02 Å². The van der Waals surface area contributed by atoms with Gasteiger partial charge in [-0.15, -0.1) is 5.10 Å². The van der Waals surface area contributed by atoms with Crippen LogP contribution in [-0.2, 0) is 0 Å². The summed E-state index contributed by atoms with van der Waals surface area (Å²) in [4.78, 5) is 12.5. The molecule has 0 bridgehead atoms. The summed E-state index contributed by atoms with van der Waals surface area (Å²) in [5.74, 6) is 0.0120. The van der Waals surface area contributed by atoms with Gasteiger partial charge in [0.15, 0.2) is 3.95 Å². The molecule has 0 aliphatic heterocycles. The number of anilines is 1. The Morgan fingerprint density at radius 3 is 2.91 bits per heavy atom. The van der Waals surface area contributed by atoms with Gasteiger partial charge in [0, 0.05) is 5.56 Å². The summed E-state index contributed by atoms with van der Waals surface area (Å²) in [5.41, 5.74) is 1.33. The van der Waals surface area contributed by atoms with E-state index in [0.29, 0.717) is 36.7 Å². The Labute approximate surface area is 139 Å². The fourth-order valence-electron chi connectivity index (χ4n) is 1.92. The van der Waals surface area contributed by atoms with Crippen LogP contribution in [0, 0.1) is 10.9 Å². The molecule has 0 unspecified atom stereocenters. The zero-order valence-corrected chi connectivity index (χ0v) is 13.6. The van der Waals surface area contributed by atoms with Gasteiger partial charge in [0.1, 0.15) is 17.0 Å². The number of nitrogens with one attached hydrogen (secondary N) is 2. The summed E-state index contributed by atoms with van der Waals surface area (Å²) in [7, 11) is 0. The normalized spacial score (nSPS) is 10.6. The molecule has 3 aromatic rings. The van der Waals surface area contributed by atoms with Gasteiger partial charge in [0.25, 0.3) is 5.91 Å².